The standard InChI is InChI=1S/C18H20BrNO/c1-14-6-5-7-15(12-14)10-11-18(21)20-13-17(19)16-8-3-2-4-9-16/h2-9,12,17H,10-11,13H2,1H3,(H,20,21). The molecule has 3 heteroatoms. The maximum atomic E-state index is 11.9. The molecular weight excluding hydrogens is 326 g/mol. The second-order valence-electron chi connectivity index (χ2n) is 5.17. The third kappa shape index (κ3) is 5.35. The zero-order valence-corrected chi connectivity index (χ0v) is 13.8. The summed E-state index contributed by atoms with van der Waals surface area (Å²) in [5.74, 6) is 0.0943. The topological polar surface area (TPSA) is 29.1 Å². The van der Waals surface area contributed by atoms with Gasteiger partial charge in [0.1, 0.15) is 0 Å². The van der Waals surface area contributed by atoms with Crippen molar-refractivity contribution in [1.82, 2.24) is 5.32 Å². The molecule has 0 aliphatic heterocycles. The number of rotatable bonds is 6. The molecule has 0 heterocycles. The van der Waals surface area contributed by atoms with Crippen LogP contribution in [0.15, 0.2) is 54.6 Å². The molecule has 0 bridgehead atoms. The smallest absolute Gasteiger partial charge is 0.220 e. The minimum Gasteiger partial charge on any atom is -0.355 e. The van der Waals surface area contributed by atoms with Gasteiger partial charge in [0.05, 0.1) is 4.83 Å². The molecule has 1 amide bonds. The van der Waals surface area contributed by atoms with E-state index in [9.17, 15) is 4.79 Å². The Morgan fingerprint density at radius 3 is 2.62 bits per heavy atom. The summed E-state index contributed by atoms with van der Waals surface area (Å²) in [6.45, 7) is 2.68. The van der Waals surface area contributed by atoms with E-state index in [2.05, 4.69) is 58.5 Å². The highest BCUT2D eigenvalue weighted by molar-refractivity contribution is 9.09. The van der Waals surface area contributed by atoms with Crippen LogP contribution in [0.3, 0.4) is 0 Å². The number of hydrogen-bond acceptors (Lipinski definition) is 1. The van der Waals surface area contributed by atoms with Crippen molar-refractivity contribution in [2.45, 2.75) is 24.6 Å². The van der Waals surface area contributed by atoms with Crippen LogP contribution < -0.4 is 5.32 Å². The first-order valence-corrected chi connectivity index (χ1v) is 8.08. The van der Waals surface area contributed by atoms with E-state index in [4.69, 9.17) is 0 Å². The number of halogens is 1. The van der Waals surface area contributed by atoms with Gasteiger partial charge < -0.3 is 5.32 Å². The highest BCUT2D eigenvalue weighted by Crippen LogP contribution is 2.21. The van der Waals surface area contributed by atoms with Crippen LogP contribution in [0, 0.1) is 6.92 Å². The molecule has 1 unspecified atom stereocenters. The molecule has 0 aliphatic rings. The Morgan fingerprint density at radius 2 is 1.90 bits per heavy atom. The van der Waals surface area contributed by atoms with Crippen molar-refractivity contribution in [2.75, 3.05) is 6.54 Å². The summed E-state index contributed by atoms with van der Waals surface area (Å²) in [7, 11) is 0. The second-order valence-corrected chi connectivity index (χ2v) is 6.28. The van der Waals surface area contributed by atoms with Gasteiger partial charge in [0, 0.05) is 13.0 Å². The van der Waals surface area contributed by atoms with Crippen LogP contribution in [-0.4, -0.2) is 12.5 Å². The maximum Gasteiger partial charge on any atom is 0.220 e. The molecule has 110 valence electrons. The maximum absolute atomic E-state index is 11.9. The Bertz CT molecular complexity index is 583. The minimum absolute atomic E-state index is 0.0943. The lowest BCUT2D eigenvalue weighted by Crippen LogP contribution is -2.26. The van der Waals surface area contributed by atoms with Gasteiger partial charge in [-0.2, -0.15) is 0 Å². The number of alkyl halides is 1. The fourth-order valence-corrected chi connectivity index (χ4v) is 2.66. The molecule has 1 N–H and O–H groups in total. The van der Waals surface area contributed by atoms with Crippen molar-refractivity contribution in [3.05, 3.63) is 71.3 Å². The lowest BCUT2D eigenvalue weighted by atomic mass is 10.1. The molecular formula is C18H20BrNO. The summed E-state index contributed by atoms with van der Waals surface area (Å²) in [5, 5.41) is 2.98. The highest BCUT2D eigenvalue weighted by Gasteiger charge is 2.09. The van der Waals surface area contributed by atoms with Crippen molar-refractivity contribution in [2.24, 2.45) is 0 Å². The normalized spacial score (nSPS) is 11.9. The van der Waals surface area contributed by atoms with Gasteiger partial charge in [-0.15, -0.1) is 0 Å². The van der Waals surface area contributed by atoms with Gasteiger partial charge in [-0.1, -0.05) is 76.1 Å². The van der Waals surface area contributed by atoms with Gasteiger partial charge in [-0.3, -0.25) is 4.79 Å². The quantitative estimate of drug-likeness (QED) is 0.781. The first-order chi connectivity index (χ1) is 10.1. The van der Waals surface area contributed by atoms with Gasteiger partial charge in [0.25, 0.3) is 0 Å². The summed E-state index contributed by atoms with van der Waals surface area (Å²) in [5.41, 5.74) is 3.62. The van der Waals surface area contributed by atoms with Gasteiger partial charge in [-0.05, 0) is 24.5 Å². The Morgan fingerprint density at radius 1 is 1.14 bits per heavy atom. The molecule has 2 aromatic carbocycles. The number of aryl methyl sites for hydroxylation is 2. The van der Waals surface area contributed by atoms with Crippen LogP contribution in [0.1, 0.15) is 27.9 Å². The minimum atomic E-state index is 0.0943. The van der Waals surface area contributed by atoms with E-state index in [0.29, 0.717) is 13.0 Å². The average Bonchev–Trinajstić information content (AvgIpc) is 2.51. The van der Waals surface area contributed by atoms with E-state index >= 15 is 0 Å². The molecule has 1 atom stereocenters. The van der Waals surface area contributed by atoms with E-state index in [1.807, 2.05) is 24.3 Å². The van der Waals surface area contributed by atoms with Crippen LogP contribution >= 0.6 is 15.9 Å². The zero-order chi connectivity index (χ0) is 15.1. The predicted octanol–water partition coefficient (Wildman–Crippen LogP) is 4.18. The van der Waals surface area contributed by atoms with E-state index in [0.717, 1.165) is 6.42 Å². The van der Waals surface area contributed by atoms with Crippen LogP contribution in [0.2, 0.25) is 0 Å². The Labute approximate surface area is 134 Å². The highest BCUT2D eigenvalue weighted by atomic mass is 79.9. The Kier molecular flexibility index (Phi) is 6.00. The third-order valence-electron chi connectivity index (χ3n) is 3.36. The molecule has 0 saturated heterocycles. The monoisotopic (exact) mass is 345 g/mol. The molecule has 21 heavy (non-hydrogen) atoms. The largest absolute Gasteiger partial charge is 0.355 e. The number of carbonyl (C=O) groups excluding carboxylic acids is 1. The van der Waals surface area contributed by atoms with Crippen molar-refractivity contribution in [1.29, 1.82) is 0 Å². The summed E-state index contributed by atoms with van der Waals surface area (Å²) in [4.78, 5) is 12.1. The molecule has 0 aliphatic carbocycles. The predicted molar refractivity (Wildman–Crippen MR) is 90.6 cm³/mol. The number of hydrogen-bond donors (Lipinski definition) is 1. The molecule has 0 spiro atoms. The molecule has 2 aromatic rings. The van der Waals surface area contributed by atoms with E-state index in [1.165, 1.54) is 16.7 Å². The van der Waals surface area contributed by atoms with Gasteiger partial charge in [-0.25, -0.2) is 0 Å². The summed E-state index contributed by atoms with van der Waals surface area (Å²) < 4.78 is 0. The van der Waals surface area contributed by atoms with Crippen LogP contribution in [0.4, 0.5) is 0 Å². The molecule has 0 radical (unpaired) electrons. The lowest BCUT2D eigenvalue weighted by Gasteiger charge is -2.11. The third-order valence-corrected chi connectivity index (χ3v) is 4.22. The fraction of sp³-hybridized carbons (Fsp3) is 0.278. The molecule has 0 aromatic heterocycles. The molecule has 0 saturated carbocycles. The summed E-state index contributed by atoms with van der Waals surface area (Å²) in [6.07, 6.45) is 1.31. The van der Waals surface area contributed by atoms with Crippen LogP contribution in [-0.2, 0) is 11.2 Å². The Balaban J connectivity index is 1.75. The van der Waals surface area contributed by atoms with Crippen LogP contribution in [0.25, 0.3) is 0 Å². The van der Waals surface area contributed by atoms with Gasteiger partial charge in [0.2, 0.25) is 5.91 Å². The van der Waals surface area contributed by atoms with Gasteiger partial charge in [0.15, 0.2) is 0 Å². The van der Waals surface area contributed by atoms with E-state index in [-0.39, 0.29) is 10.7 Å². The van der Waals surface area contributed by atoms with Gasteiger partial charge >= 0.3 is 0 Å². The van der Waals surface area contributed by atoms with Crippen molar-refractivity contribution in [3.8, 4) is 0 Å². The van der Waals surface area contributed by atoms with Crippen LogP contribution in [0.5, 0.6) is 0 Å². The zero-order valence-electron chi connectivity index (χ0n) is 12.2. The van der Waals surface area contributed by atoms with Crippen molar-refractivity contribution < 1.29 is 4.79 Å². The first kappa shape index (κ1) is 15.8. The SMILES string of the molecule is Cc1cccc(CCC(=O)NCC(Br)c2ccccc2)c1. The molecule has 0 fully saturated rings. The lowest BCUT2D eigenvalue weighted by molar-refractivity contribution is -0.121. The number of amides is 1. The van der Waals surface area contributed by atoms with E-state index < -0.39 is 0 Å². The molecule has 2 rings (SSSR count). The Hall–Kier alpha value is -1.61. The molecule has 2 nitrogen and oxygen atoms in total. The second kappa shape index (κ2) is 7.99. The number of carbonyl (C=O) groups is 1. The summed E-state index contributed by atoms with van der Waals surface area (Å²) >= 11 is 3.61. The first-order valence-electron chi connectivity index (χ1n) is 7.16. The number of nitrogens with one attached hydrogen (secondary N) is 1. The average molecular weight is 346 g/mol. The van der Waals surface area contributed by atoms with Crippen molar-refractivity contribution in [3.63, 3.8) is 0 Å². The van der Waals surface area contributed by atoms with E-state index in [1.54, 1.807) is 0 Å². The fourth-order valence-electron chi connectivity index (χ4n) is 2.20. The number of benzene rings is 2. The summed E-state index contributed by atoms with van der Waals surface area (Å²) in [6, 6.07) is 18.4. The van der Waals surface area contributed by atoms with Crippen molar-refractivity contribution >= 4 is 21.8 Å².